The number of carboxylic acid groups (broad SMARTS) is 1. The molecule has 0 bridgehead atoms. The van der Waals surface area contributed by atoms with Crippen LogP contribution in [-0.4, -0.2) is 37.2 Å². The molecule has 0 radical (unpaired) electrons. The average molecular weight is 344 g/mol. The minimum absolute atomic E-state index is 0.218. The maximum absolute atomic E-state index is 12.4. The third kappa shape index (κ3) is 4.71. The molecule has 4 N–H and O–H groups in total. The molecule has 0 aromatic heterocycles. The minimum atomic E-state index is -1.05. The van der Waals surface area contributed by atoms with E-state index in [1.165, 1.54) is 14.2 Å². The number of rotatable bonds is 7. The van der Waals surface area contributed by atoms with Gasteiger partial charge in [0.15, 0.2) is 0 Å². The lowest BCUT2D eigenvalue weighted by Gasteiger charge is -2.11. The van der Waals surface area contributed by atoms with Crippen molar-refractivity contribution >= 4 is 17.6 Å². The van der Waals surface area contributed by atoms with Crippen molar-refractivity contribution in [3.05, 3.63) is 53.6 Å². The first-order valence-corrected chi connectivity index (χ1v) is 7.55. The van der Waals surface area contributed by atoms with E-state index in [1.54, 1.807) is 42.5 Å². The Morgan fingerprint density at radius 1 is 1.12 bits per heavy atom. The van der Waals surface area contributed by atoms with Crippen LogP contribution in [0.1, 0.15) is 15.9 Å². The highest BCUT2D eigenvalue weighted by Gasteiger charge is 2.14. The molecule has 1 atom stereocenters. The normalized spacial score (nSPS) is 11.5. The number of benzene rings is 2. The maximum Gasteiger partial charge on any atom is 0.320 e. The summed E-state index contributed by atoms with van der Waals surface area (Å²) in [5.74, 6) is -0.383. The monoisotopic (exact) mass is 344 g/mol. The highest BCUT2D eigenvalue weighted by Crippen LogP contribution is 2.25. The van der Waals surface area contributed by atoms with Gasteiger partial charge in [-0.05, 0) is 36.2 Å². The molecular formula is C18H20N2O5. The molecule has 1 amide bonds. The van der Waals surface area contributed by atoms with Crippen molar-refractivity contribution < 1.29 is 24.2 Å². The number of anilines is 1. The third-order valence-electron chi connectivity index (χ3n) is 3.64. The summed E-state index contributed by atoms with van der Waals surface area (Å²) in [6, 6.07) is 10.8. The quantitative estimate of drug-likeness (QED) is 0.707. The predicted octanol–water partition coefficient (Wildman–Crippen LogP) is 1.91. The Labute approximate surface area is 145 Å². The van der Waals surface area contributed by atoms with Gasteiger partial charge < -0.3 is 25.6 Å². The average Bonchev–Trinajstić information content (AvgIpc) is 2.62. The lowest BCUT2D eigenvalue weighted by Crippen LogP contribution is -2.32. The summed E-state index contributed by atoms with van der Waals surface area (Å²) in [4.78, 5) is 23.2. The topological polar surface area (TPSA) is 111 Å². The number of carbonyl (C=O) groups excluding carboxylic acids is 1. The number of methoxy groups -OCH3 is 2. The van der Waals surface area contributed by atoms with Gasteiger partial charge in [0, 0.05) is 11.8 Å². The van der Waals surface area contributed by atoms with E-state index < -0.39 is 12.0 Å². The van der Waals surface area contributed by atoms with Gasteiger partial charge in [-0.1, -0.05) is 12.1 Å². The van der Waals surface area contributed by atoms with E-state index in [9.17, 15) is 9.59 Å². The molecule has 7 nitrogen and oxygen atoms in total. The molecule has 0 heterocycles. The van der Waals surface area contributed by atoms with Crippen molar-refractivity contribution in [2.24, 2.45) is 5.73 Å². The molecule has 0 spiro atoms. The highest BCUT2D eigenvalue weighted by atomic mass is 16.5. The lowest BCUT2D eigenvalue weighted by molar-refractivity contribution is -0.138. The molecule has 0 aliphatic carbocycles. The summed E-state index contributed by atoms with van der Waals surface area (Å²) < 4.78 is 10.3. The van der Waals surface area contributed by atoms with Crippen molar-refractivity contribution in [1.82, 2.24) is 0 Å². The standard InChI is InChI=1S/C18H20N2O5/c1-24-13-7-8-14(16(10-13)25-2)17(21)20-12-5-3-11(4-6-12)9-15(19)18(22)23/h3-8,10,15H,9,19H2,1-2H3,(H,20,21)(H,22,23). The molecule has 132 valence electrons. The van der Waals surface area contributed by atoms with E-state index in [0.717, 1.165) is 5.56 Å². The number of hydrogen-bond donors (Lipinski definition) is 3. The Morgan fingerprint density at radius 2 is 1.80 bits per heavy atom. The molecular weight excluding hydrogens is 324 g/mol. The third-order valence-corrected chi connectivity index (χ3v) is 3.64. The first-order valence-electron chi connectivity index (χ1n) is 7.55. The van der Waals surface area contributed by atoms with Gasteiger partial charge in [0.25, 0.3) is 5.91 Å². The Morgan fingerprint density at radius 3 is 2.36 bits per heavy atom. The first-order chi connectivity index (χ1) is 11.9. The number of amides is 1. The number of aliphatic carboxylic acids is 1. The van der Waals surface area contributed by atoms with E-state index in [-0.39, 0.29) is 12.3 Å². The fraction of sp³-hybridized carbons (Fsp3) is 0.222. The SMILES string of the molecule is COc1ccc(C(=O)Nc2ccc(CC(N)C(=O)O)cc2)c(OC)c1. The van der Waals surface area contributed by atoms with Gasteiger partial charge in [-0.25, -0.2) is 0 Å². The zero-order valence-corrected chi connectivity index (χ0v) is 14.0. The molecule has 0 saturated heterocycles. The highest BCUT2D eigenvalue weighted by molar-refractivity contribution is 6.06. The smallest absolute Gasteiger partial charge is 0.320 e. The van der Waals surface area contributed by atoms with Gasteiger partial charge >= 0.3 is 5.97 Å². The van der Waals surface area contributed by atoms with Crippen LogP contribution in [0.3, 0.4) is 0 Å². The lowest BCUT2D eigenvalue weighted by atomic mass is 10.1. The number of carboxylic acids is 1. The van der Waals surface area contributed by atoms with Crippen molar-refractivity contribution in [3.8, 4) is 11.5 Å². The van der Waals surface area contributed by atoms with Crippen LogP contribution in [0.2, 0.25) is 0 Å². The first kappa shape index (κ1) is 18.3. The summed E-state index contributed by atoms with van der Waals surface area (Å²) in [5.41, 5.74) is 7.23. The zero-order valence-electron chi connectivity index (χ0n) is 14.0. The Balaban J connectivity index is 2.09. The maximum atomic E-state index is 12.4. The van der Waals surface area contributed by atoms with Gasteiger partial charge in [-0.2, -0.15) is 0 Å². The van der Waals surface area contributed by atoms with Crippen LogP contribution in [0.5, 0.6) is 11.5 Å². The Hall–Kier alpha value is -3.06. The molecule has 0 saturated carbocycles. The number of nitrogens with two attached hydrogens (primary N) is 1. The van der Waals surface area contributed by atoms with Crippen LogP contribution >= 0.6 is 0 Å². The van der Waals surface area contributed by atoms with Gasteiger partial charge in [0.05, 0.1) is 19.8 Å². The summed E-state index contributed by atoms with van der Waals surface area (Å²) in [7, 11) is 3.01. The van der Waals surface area contributed by atoms with E-state index in [4.69, 9.17) is 20.3 Å². The second-order valence-corrected chi connectivity index (χ2v) is 5.37. The molecule has 1 unspecified atom stereocenters. The summed E-state index contributed by atoms with van der Waals surface area (Å²) in [6.07, 6.45) is 0.218. The molecule has 2 rings (SSSR count). The fourth-order valence-electron chi connectivity index (χ4n) is 2.25. The number of nitrogens with one attached hydrogen (secondary N) is 1. The van der Waals surface area contributed by atoms with Gasteiger partial charge in [-0.15, -0.1) is 0 Å². The molecule has 2 aromatic rings. The van der Waals surface area contributed by atoms with Crippen LogP contribution in [0.15, 0.2) is 42.5 Å². The number of ether oxygens (including phenoxy) is 2. The largest absolute Gasteiger partial charge is 0.497 e. The second-order valence-electron chi connectivity index (χ2n) is 5.37. The summed E-state index contributed by atoms with van der Waals surface area (Å²) in [6.45, 7) is 0. The predicted molar refractivity (Wildman–Crippen MR) is 93.3 cm³/mol. The van der Waals surface area contributed by atoms with Crippen LogP contribution in [0.25, 0.3) is 0 Å². The molecule has 7 heteroatoms. The van der Waals surface area contributed by atoms with Crippen LogP contribution < -0.4 is 20.5 Å². The Bertz CT molecular complexity index is 759. The Kier molecular flexibility index (Phi) is 5.97. The van der Waals surface area contributed by atoms with Gasteiger partial charge in [0.2, 0.25) is 0 Å². The van der Waals surface area contributed by atoms with Crippen molar-refractivity contribution in [2.45, 2.75) is 12.5 Å². The van der Waals surface area contributed by atoms with Crippen molar-refractivity contribution in [3.63, 3.8) is 0 Å². The van der Waals surface area contributed by atoms with Gasteiger partial charge in [0.1, 0.15) is 17.5 Å². The van der Waals surface area contributed by atoms with Crippen LogP contribution in [0, 0.1) is 0 Å². The van der Waals surface area contributed by atoms with Crippen molar-refractivity contribution in [2.75, 3.05) is 19.5 Å². The van der Waals surface area contributed by atoms with Crippen molar-refractivity contribution in [1.29, 1.82) is 0 Å². The van der Waals surface area contributed by atoms with Crippen LogP contribution in [0.4, 0.5) is 5.69 Å². The zero-order chi connectivity index (χ0) is 18.4. The fourth-order valence-corrected chi connectivity index (χ4v) is 2.25. The van der Waals surface area contributed by atoms with E-state index in [1.807, 2.05) is 0 Å². The molecule has 0 aliphatic heterocycles. The molecule has 0 aliphatic rings. The number of hydrogen-bond acceptors (Lipinski definition) is 5. The minimum Gasteiger partial charge on any atom is -0.497 e. The van der Waals surface area contributed by atoms with Crippen LogP contribution in [-0.2, 0) is 11.2 Å². The summed E-state index contributed by atoms with van der Waals surface area (Å²) in [5, 5.41) is 11.6. The second kappa shape index (κ2) is 8.16. The van der Waals surface area contributed by atoms with E-state index >= 15 is 0 Å². The molecule has 25 heavy (non-hydrogen) atoms. The van der Waals surface area contributed by atoms with Gasteiger partial charge in [-0.3, -0.25) is 9.59 Å². The molecule has 0 fully saturated rings. The van der Waals surface area contributed by atoms with E-state index in [2.05, 4.69) is 5.32 Å². The van der Waals surface area contributed by atoms with E-state index in [0.29, 0.717) is 22.7 Å². The molecule has 2 aromatic carbocycles. The number of carbonyl (C=O) groups is 2. The summed E-state index contributed by atoms with van der Waals surface area (Å²) >= 11 is 0.